The zero-order valence-electron chi connectivity index (χ0n) is 12.6. The van der Waals surface area contributed by atoms with Gasteiger partial charge in [0.25, 0.3) is 0 Å². The van der Waals surface area contributed by atoms with Crippen molar-refractivity contribution in [1.82, 2.24) is 0 Å². The van der Waals surface area contributed by atoms with Crippen molar-refractivity contribution in [3.63, 3.8) is 0 Å². The Morgan fingerprint density at radius 3 is 2.22 bits per heavy atom. The van der Waals surface area contributed by atoms with E-state index in [4.69, 9.17) is 11.6 Å². The van der Waals surface area contributed by atoms with Gasteiger partial charge in [-0.05, 0) is 33.1 Å². The maximum absolute atomic E-state index is 5.73. The molecule has 0 rings (SSSR count). The highest BCUT2D eigenvalue weighted by Crippen LogP contribution is 2.09. The zero-order chi connectivity index (χ0) is 14.0. The summed E-state index contributed by atoms with van der Waals surface area (Å²) in [6, 6.07) is 0. The van der Waals surface area contributed by atoms with Crippen LogP contribution in [0.25, 0.3) is 0 Å². The van der Waals surface area contributed by atoms with E-state index >= 15 is 0 Å². The third-order valence-corrected chi connectivity index (χ3v) is 3.82. The quantitative estimate of drug-likeness (QED) is 0.197. The SMILES string of the molecule is C/C(=C\CC/C(C)=C/CCC#C[Si](C)(C)C)CCl. The van der Waals surface area contributed by atoms with Crippen LogP contribution < -0.4 is 0 Å². The molecule has 0 unspecified atom stereocenters. The molecule has 0 aromatic carbocycles. The fourth-order valence-electron chi connectivity index (χ4n) is 1.42. The lowest BCUT2D eigenvalue weighted by Crippen LogP contribution is -2.16. The molecule has 0 aliphatic carbocycles. The summed E-state index contributed by atoms with van der Waals surface area (Å²) in [6.07, 6.45) is 8.87. The molecule has 0 saturated carbocycles. The van der Waals surface area contributed by atoms with Crippen LogP contribution in [-0.2, 0) is 0 Å². The minimum atomic E-state index is -1.17. The first kappa shape index (κ1) is 17.5. The van der Waals surface area contributed by atoms with Crippen molar-refractivity contribution in [3.05, 3.63) is 23.3 Å². The summed E-state index contributed by atoms with van der Waals surface area (Å²) in [7, 11) is -1.17. The van der Waals surface area contributed by atoms with Gasteiger partial charge in [-0.1, -0.05) is 42.9 Å². The zero-order valence-corrected chi connectivity index (χ0v) is 14.3. The fourth-order valence-corrected chi connectivity index (χ4v) is 2.19. The molecule has 0 nitrogen and oxygen atoms in total. The maximum atomic E-state index is 5.73. The molecule has 0 aromatic heterocycles. The van der Waals surface area contributed by atoms with Gasteiger partial charge < -0.3 is 0 Å². The lowest BCUT2D eigenvalue weighted by Gasteiger charge is -2.03. The molecular formula is C16H27ClSi. The van der Waals surface area contributed by atoms with Crippen LogP contribution in [0.2, 0.25) is 19.6 Å². The maximum Gasteiger partial charge on any atom is 0.129 e. The Bertz CT molecular complexity index is 348. The number of rotatable bonds is 6. The monoisotopic (exact) mass is 282 g/mol. The van der Waals surface area contributed by atoms with Crippen molar-refractivity contribution in [1.29, 1.82) is 0 Å². The number of alkyl halides is 1. The number of unbranched alkanes of at least 4 members (excludes halogenated alkanes) is 1. The van der Waals surface area contributed by atoms with Gasteiger partial charge in [-0.2, -0.15) is 0 Å². The molecule has 18 heavy (non-hydrogen) atoms. The van der Waals surface area contributed by atoms with Gasteiger partial charge in [-0.25, -0.2) is 0 Å². The first-order valence-corrected chi connectivity index (χ1v) is 10.8. The standard InChI is InChI=1S/C16H27ClSi/c1-15(11-9-12-16(2)14-17)10-7-6-8-13-18(3,4)5/h10,12H,6-7,9,11,14H2,1-5H3/b15-10+,16-12+. The lowest BCUT2D eigenvalue weighted by molar-refractivity contribution is 0.942. The van der Waals surface area contributed by atoms with Crippen LogP contribution in [0.4, 0.5) is 0 Å². The Labute approximate surface area is 120 Å². The van der Waals surface area contributed by atoms with Gasteiger partial charge in [0.1, 0.15) is 8.07 Å². The number of halogens is 1. The molecule has 102 valence electrons. The van der Waals surface area contributed by atoms with Gasteiger partial charge in [0.2, 0.25) is 0 Å². The van der Waals surface area contributed by atoms with E-state index in [2.05, 4.69) is 57.1 Å². The minimum absolute atomic E-state index is 0.648. The Morgan fingerprint density at radius 1 is 1.06 bits per heavy atom. The summed E-state index contributed by atoms with van der Waals surface area (Å²) in [5, 5.41) is 0. The van der Waals surface area contributed by atoms with E-state index < -0.39 is 8.07 Å². The highest BCUT2D eigenvalue weighted by Gasteiger charge is 2.06. The third kappa shape index (κ3) is 12.0. The molecule has 0 heterocycles. The van der Waals surface area contributed by atoms with Gasteiger partial charge in [-0.3, -0.25) is 0 Å². The van der Waals surface area contributed by atoms with E-state index in [1.54, 1.807) is 0 Å². The van der Waals surface area contributed by atoms with Crippen molar-refractivity contribution in [3.8, 4) is 11.5 Å². The second kappa shape index (κ2) is 9.47. The van der Waals surface area contributed by atoms with E-state index in [1.165, 1.54) is 11.1 Å². The summed E-state index contributed by atoms with van der Waals surface area (Å²) >= 11 is 5.73. The van der Waals surface area contributed by atoms with Gasteiger partial charge in [0, 0.05) is 12.3 Å². The van der Waals surface area contributed by atoms with Gasteiger partial charge in [0.15, 0.2) is 0 Å². The molecule has 0 atom stereocenters. The average molecular weight is 283 g/mol. The molecule has 0 fully saturated rings. The summed E-state index contributed by atoms with van der Waals surface area (Å²) in [4.78, 5) is 0. The van der Waals surface area contributed by atoms with Gasteiger partial charge in [-0.15, -0.1) is 23.1 Å². The second-order valence-corrected chi connectivity index (χ2v) is 10.9. The van der Waals surface area contributed by atoms with Crippen LogP contribution >= 0.6 is 11.6 Å². The van der Waals surface area contributed by atoms with Crippen molar-refractivity contribution in [2.45, 2.75) is 59.2 Å². The summed E-state index contributed by atoms with van der Waals surface area (Å²) in [6.45, 7) is 11.1. The molecule has 2 heteroatoms. The Balaban J connectivity index is 3.88. The summed E-state index contributed by atoms with van der Waals surface area (Å²) in [5.41, 5.74) is 6.13. The molecule has 0 saturated heterocycles. The second-order valence-electron chi connectivity index (χ2n) is 5.86. The predicted octanol–water partition coefficient (Wildman–Crippen LogP) is 5.56. The number of hydrogen-bond acceptors (Lipinski definition) is 0. The van der Waals surface area contributed by atoms with Crippen molar-refractivity contribution in [2.24, 2.45) is 0 Å². The molecule has 0 aliphatic rings. The Morgan fingerprint density at radius 2 is 1.67 bits per heavy atom. The molecular weight excluding hydrogens is 256 g/mol. The van der Waals surface area contributed by atoms with Crippen LogP contribution in [0.1, 0.15) is 39.5 Å². The molecule has 0 aromatic rings. The van der Waals surface area contributed by atoms with E-state index in [0.29, 0.717) is 5.88 Å². The average Bonchev–Trinajstić information content (AvgIpc) is 2.26. The van der Waals surface area contributed by atoms with Crippen LogP contribution in [0.3, 0.4) is 0 Å². The first-order chi connectivity index (χ1) is 8.35. The highest BCUT2D eigenvalue weighted by atomic mass is 35.5. The molecule has 0 amide bonds. The van der Waals surface area contributed by atoms with E-state index in [9.17, 15) is 0 Å². The van der Waals surface area contributed by atoms with Crippen molar-refractivity contribution >= 4 is 19.7 Å². The van der Waals surface area contributed by atoms with Crippen LogP contribution in [0.5, 0.6) is 0 Å². The topological polar surface area (TPSA) is 0 Å². The first-order valence-electron chi connectivity index (χ1n) is 6.72. The van der Waals surface area contributed by atoms with Gasteiger partial charge in [0.05, 0.1) is 0 Å². The van der Waals surface area contributed by atoms with Crippen LogP contribution in [0.15, 0.2) is 23.3 Å². The van der Waals surface area contributed by atoms with E-state index in [1.807, 2.05) is 0 Å². The number of hydrogen-bond donors (Lipinski definition) is 0. The fraction of sp³-hybridized carbons (Fsp3) is 0.625. The van der Waals surface area contributed by atoms with Gasteiger partial charge >= 0.3 is 0 Å². The lowest BCUT2D eigenvalue weighted by atomic mass is 10.1. The Kier molecular flexibility index (Phi) is 9.24. The smallest absolute Gasteiger partial charge is 0.129 e. The molecule has 0 aliphatic heterocycles. The third-order valence-electron chi connectivity index (χ3n) is 2.47. The number of allylic oxidation sites excluding steroid dienone is 4. The van der Waals surface area contributed by atoms with E-state index in [0.717, 1.165) is 25.7 Å². The molecule has 0 spiro atoms. The molecule has 0 bridgehead atoms. The minimum Gasteiger partial charge on any atom is -0.132 e. The normalized spacial score (nSPS) is 13.2. The summed E-state index contributed by atoms with van der Waals surface area (Å²) < 4.78 is 0. The Hall–Kier alpha value is -0.453. The predicted molar refractivity (Wildman–Crippen MR) is 87.8 cm³/mol. The van der Waals surface area contributed by atoms with Crippen LogP contribution in [0, 0.1) is 11.5 Å². The van der Waals surface area contributed by atoms with E-state index in [-0.39, 0.29) is 0 Å². The highest BCUT2D eigenvalue weighted by molar-refractivity contribution is 6.83. The summed E-state index contributed by atoms with van der Waals surface area (Å²) in [5.74, 6) is 3.95. The van der Waals surface area contributed by atoms with Crippen molar-refractivity contribution in [2.75, 3.05) is 5.88 Å². The molecule has 0 radical (unpaired) electrons. The molecule has 0 N–H and O–H groups in total. The largest absolute Gasteiger partial charge is 0.132 e. The van der Waals surface area contributed by atoms with Crippen molar-refractivity contribution < 1.29 is 0 Å². The van der Waals surface area contributed by atoms with Crippen LogP contribution in [-0.4, -0.2) is 14.0 Å².